The van der Waals surface area contributed by atoms with Gasteiger partial charge in [-0.3, -0.25) is 0 Å². The van der Waals surface area contributed by atoms with Crippen LogP contribution in [-0.2, 0) is 14.6 Å². The Bertz CT molecular complexity index is 315. The molecule has 5 heteroatoms. The van der Waals surface area contributed by atoms with Crippen LogP contribution in [0.5, 0.6) is 0 Å². The third kappa shape index (κ3) is 3.18. The van der Waals surface area contributed by atoms with Crippen molar-refractivity contribution in [1.82, 2.24) is 0 Å². The topological polar surface area (TPSA) is 63.6 Å². The molecule has 96 valence electrons. The Balaban J connectivity index is 2.48. The van der Waals surface area contributed by atoms with Crippen molar-refractivity contribution >= 4 is 9.84 Å². The highest BCUT2D eigenvalue weighted by atomic mass is 32.2. The summed E-state index contributed by atoms with van der Waals surface area (Å²) >= 11 is 0. The summed E-state index contributed by atoms with van der Waals surface area (Å²) in [4.78, 5) is 0. The molecule has 0 radical (unpaired) electrons. The summed E-state index contributed by atoms with van der Waals surface area (Å²) in [5, 5.41) is 9.94. The van der Waals surface area contributed by atoms with Gasteiger partial charge in [0, 0.05) is 12.9 Å². The molecule has 0 bridgehead atoms. The van der Waals surface area contributed by atoms with E-state index in [1.165, 1.54) is 6.26 Å². The molecule has 0 aromatic carbocycles. The van der Waals surface area contributed by atoms with E-state index in [1.54, 1.807) is 13.8 Å². The van der Waals surface area contributed by atoms with Crippen LogP contribution in [-0.4, -0.2) is 43.3 Å². The minimum absolute atomic E-state index is 0.199. The quantitative estimate of drug-likeness (QED) is 0.794. The molecule has 1 fully saturated rings. The van der Waals surface area contributed by atoms with Crippen molar-refractivity contribution in [3.63, 3.8) is 0 Å². The number of sulfone groups is 1. The van der Waals surface area contributed by atoms with Crippen molar-refractivity contribution in [2.75, 3.05) is 12.9 Å². The lowest BCUT2D eigenvalue weighted by atomic mass is 9.99. The minimum Gasteiger partial charge on any atom is -0.392 e. The maximum atomic E-state index is 11.5. The molecule has 1 rings (SSSR count). The summed E-state index contributed by atoms with van der Waals surface area (Å²) in [6.07, 6.45) is 3.84. The Morgan fingerprint density at radius 3 is 2.56 bits per heavy atom. The predicted octanol–water partition coefficient (Wildman–Crippen LogP) is 1.13. The SMILES string of the molecule is CC(C)(C(O)CCC1CCCO1)S(C)(=O)=O. The Labute approximate surface area is 97.9 Å². The van der Waals surface area contributed by atoms with Crippen molar-refractivity contribution in [2.45, 2.75) is 56.5 Å². The van der Waals surface area contributed by atoms with E-state index >= 15 is 0 Å². The molecule has 0 spiro atoms. The first kappa shape index (κ1) is 13.9. The van der Waals surface area contributed by atoms with E-state index in [2.05, 4.69) is 0 Å². The number of rotatable bonds is 5. The third-order valence-electron chi connectivity index (χ3n) is 3.54. The van der Waals surface area contributed by atoms with Gasteiger partial charge in [0.2, 0.25) is 0 Å². The largest absolute Gasteiger partial charge is 0.392 e. The molecule has 0 aliphatic carbocycles. The van der Waals surface area contributed by atoms with Crippen LogP contribution >= 0.6 is 0 Å². The second kappa shape index (κ2) is 5.02. The summed E-state index contributed by atoms with van der Waals surface area (Å²) in [6, 6.07) is 0. The molecule has 0 aromatic heterocycles. The van der Waals surface area contributed by atoms with Crippen LogP contribution in [0, 0.1) is 0 Å². The third-order valence-corrected chi connectivity index (χ3v) is 5.73. The zero-order valence-corrected chi connectivity index (χ0v) is 11.1. The highest BCUT2D eigenvalue weighted by Gasteiger charge is 2.38. The second-order valence-electron chi connectivity index (χ2n) is 5.10. The molecule has 4 nitrogen and oxygen atoms in total. The fourth-order valence-corrected chi connectivity index (χ4v) is 2.42. The monoisotopic (exact) mass is 250 g/mol. The van der Waals surface area contributed by atoms with Crippen LogP contribution in [0.15, 0.2) is 0 Å². The van der Waals surface area contributed by atoms with Crippen molar-refractivity contribution < 1.29 is 18.3 Å². The lowest BCUT2D eigenvalue weighted by molar-refractivity contribution is 0.0712. The molecule has 1 heterocycles. The zero-order valence-electron chi connectivity index (χ0n) is 10.3. The maximum absolute atomic E-state index is 11.5. The van der Waals surface area contributed by atoms with Crippen LogP contribution in [0.25, 0.3) is 0 Å². The average Bonchev–Trinajstić information content (AvgIpc) is 2.64. The Kier molecular flexibility index (Phi) is 4.37. The molecule has 1 aliphatic heterocycles. The highest BCUT2D eigenvalue weighted by Crippen LogP contribution is 2.26. The molecule has 1 aliphatic rings. The number of ether oxygens (including phenoxy) is 1. The van der Waals surface area contributed by atoms with E-state index in [4.69, 9.17) is 4.74 Å². The first-order valence-electron chi connectivity index (χ1n) is 5.74. The van der Waals surface area contributed by atoms with E-state index in [0.717, 1.165) is 25.9 Å². The van der Waals surface area contributed by atoms with Gasteiger partial charge in [-0.2, -0.15) is 0 Å². The number of aliphatic hydroxyl groups is 1. The van der Waals surface area contributed by atoms with Crippen LogP contribution in [0.2, 0.25) is 0 Å². The van der Waals surface area contributed by atoms with Crippen LogP contribution in [0.3, 0.4) is 0 Å². The van der Waals surface area contributed by atoms with Crippen molar-refractivity contribution in [3.05, 3.63) is 0 Å². The van der Waals surface area contributed by atoms with Gasteiger partial charge in [0.1, 0.15) is 0 Å². The molecule has 0 amide bonds. The average molecular weight is 250 g/mol. The molecule has 1 N–H and O–H groups in total. The Morgan fingerprint density at radius 2 is 2.12 bits per heavy atom. The second-order valence-corrected chi connectivity index (χ2v) is 7.70. The summed E-state index contributed by atoms with van der Waals surface area (Å²) in [6.45, 7) is 3.93. The van der Waals surface area contributed by atoms with Crippen LogP contribution in [0.1, 0.15) is 39.5 Å². The Morgan fingerprint density at radius 1 is 1.50 bits per heavy atom. The molecule has 0 saturated carbocycles. The summed E-state index contributed by atoms with van der Waals surface area (Å²) in [5.41, 5.74) is 0. The van der Waals surface area contributed by atoms with Gasteiger partial charge in [-0.25, -0.2) is 8.42 Å². The van der Waals surface area contributed by atoms with Crippen molar-refractivity contribution in [2.24, 2.45) is 0 Å². The van der Waals surface area contributed by atoms with Gasteiger partial charge in [0.25, 0.3) is 0 Å². The fourth-order valence-electron chi connectivity index (χ4n) is 1.81. The van der Waals surface area contributed by atoms with E-state index in [9.17, 15) is 13.5 Å². The summed E-state index contributed by atoms with van der Waals surface area (Å²) in [5.74, 6) is 0. The van der Waals surface area contributed by atoms with E-state index in [1.807, 2.05) is 0 Å². The van der Waals surface area contributed by atoms with Gasteiger partial charge in [-0.05, 0) is 39.5 Å². The summed E-state index contributed by atoms with van der Waals surface area (Å²) in [7, 11) is -3.24. The number of hydrogen-bond acceptors (Lipinski definition) is 4. The molecule has 2 atom stereocenters. The lowest BCUT2D eigenvalue weighted by Crippen LogP contribution is -2.43. The molecular formula is C11H22O4S. The Hall–Kier alpha value is -0.130. The van der Waals surface area contributed by atoms with E-state index in [0.29, 0.717) is 6.42 Å². The van der Waals surface area contributed by atoms with Gasteiger partial charge < -0.3 is 9.84 Å². The molecule has 2 unspecified atom stereocenters. The van der Waals surface area contributed by atoms with E-state index in [-0.39, 0.29) is 6.10 Å². The van der Waals surface area contributed by atoms with Gasteiger partial charge in [-0.15, -0.1) is 0 Å². The van der Waals surface area contributed by atoms with Crippen molar-refractivity contribution in [1.29, 1.82) is 0 Å². The predicted molar refractivity (Wildman–Crippen MR) is 63.1 cm³/mol. The van der Waals surface area contributed by atoms with Gasteiger partial charge in [-0.1, -0.05) is 0 Å². The van der Waals surface area contributed by atoms with Gasteiger partial charge in [0.05, 0.1) is 17.0 Å². The number of hydrogen-bond donors (Lipinski definition) is 1. The highest BCUT2D eigenvalue weighted by molar-refractivity contribution is 7.92. The zero-order chi connectivity index (χ0) is 12.4. The minimum atomic E-state index is -3.24. The first-order chi connectivity index (χ1) is 7.25. The smallest absolute Gasteiger partial charge is 0.155 e. The van der Waals surface area contributed by atoms with Crippen molar-refractivity contribution in [3.8, 4) is 0 Å². The normalized spacial score (nSPS) is 24.6. The lowest BCUT2D eigenvalue weighted by Gasteiger charge is -2.29. The van der Waals surface area contributed by atoms with Crippen LogP contribution in [0.4, 0.5) is 0 Å². The molecule has 16 heavy (non-hydrogen) atoms. The fraction of sp³-hybridized carbons (Fsp3) is 1.00. The summed E-state index contributed by atoms with van der Waals surface area (Å²) < 4.78 is 27.4. The number of aliphatic hydroxyl groups excluding tert-OH is 1. The molecule has 0 aromatic rings. The molecule has 1 saturated heterocycles. The molecular weight excluding hydrogens is 228 g/mol. The van der Waals surface area contributed by atoms with Gasteiger partial charge >= 0.3 is 0 Å². The van der Waals surface area contributed by atoms with E-state index < -0.39 is 20.7 Å². The standard InChI is InChI=1S/C11H22O4S/c1-11(2,16(3,13)14)10(12)7-6-9-5-4-8-15-9/h9-10,12H,4-8H2,1-3H3. The first-order valence-corrected chi connectivity index (χ1v) is 7.63. The van der Waals surface area contributed by atoms with Gasteiger partial charge in [0.15, 0.2) is 9.84 Å². The maximum Gasteiger partial charge on any atom is 0.155 e. The van der Waals surface area contributed by atoms with Crippen LogP contribution < -0.4 is 0 Å².